The first-order valence-corrected chi connectivity index (χ1v) is 7.13. The molecule has 1 heterocycles. The Kier molecular flexibility index (Phi) is 6.58. The van der Waals surface area contributed by atoms with Crippen LogP contribution in [0.4, 0.5) is 4.79 Å². The van der Waals surface area contributed by atoms with Crippen molar-refractivity contribution in [3.05, 3.63) is 0 Å². The minimum absolute atomic E-state index is 0.223. The highest BCUT2D eigenvalue weighted by Crippen LogP contribution is 2.17. The van der Waals surface area contributed by atoms with Gasteiger partial charge in [0.1, 0.15) is 5.60 Å². The van der Waals surface area contributed by atoms with Gasteiger partial charge in [-0.2, -0.15) is 0 Å². The molecule has 19 heavy (non-hydrogen) atoms. The van der Waals surface area contributed by atoms with Crippen molar-refractivity contribution in [1.82, 2.24) is 4.90 Å². The number of rotatable bonds is 5. The number of carbonyl (C=O) groups excluding carboxylic acids is 1. The summed E-state index contributed by atoms with van der Waals surface area (Å²) in [5.41, 5.74) is -0.436. The second-order valence-electron chi connectivity index (χ2n) is 5.97. The molecule has 0 aromatic rings. The topological polar surface area (TPSA) is 59.0 Å². The molecule has 0 aromatic carbocycles. The average Bonchev–Trinajstić information content (AvgIpc) is 2.33. The van der Waals surface area contributed by atoms with Crippen LogP contribution in [0.2, 0.25) is 0 Å². The molecule has 1 aliphatic heterocycles. The van der Waals surface area contributed by atoms with Crippen molar-refractivity contribution in [2.24, 2.45) is 0 Å². The summed E-state index contributed by atoms with van der Waals surface area (Å²) in [6, 6.07) is 0. The number of hydrogen-bond acceptors (Lipinski definition) is 4. The summed E-state index contributed by atoms with van der Waals surface area (Å²) in [7, 11) is 0. The fraction of sp³-hybridized carbons (Fsp3) is 0.929. The summed E-state index contributed by atoms with van der Waals surface area (Å²) in [6.45, 7) is 7.93. The van der Waals surface area contributed by atoms with E-state index in [4.69, 9.17) is 14.6 Å². The zero-order valence-corrected chi connectivity index (χ0v) is 12.4. The standard InChI is InChI=1S/C14H27NO4/c1-14(2,3)19-13(17)15-8-6-12(7-9-15)18-11-5-4-10-16/h12,16H,4-11H2,1-3H3. The van der Waals surface area contributed by atoms with Gasteiger partial charge in [0.25, 0.3) is 0 Å². The van der Waals surface area contributed by atoms with E-state index in [0.29, 0.717) is 19.7 Å². The van der Waals surface area contributed by atoms with Gasteiger partial charge in [-0.15, -0.1) is 0 Å². The van der Waals surface area contributed by atoms with Crippen LogP contribution in [0, 0.1) is 0 Å². The Balaban J connectivity index is 2.19. The van der Waals surface area contributed by atoms with Crippen molar-refractivity contribution in [3.8, 4) is 0 Å². The third-order valence-corrected chi connectivity index (χ3v) is 3.00. The fourth-order valence-corrected chi connectivity index (χ4v) is 2.00. The Hall–Kier alpha value is -0.810. The van der Waals surface area contributed by atoms with Crippen LogP contribution in [0.3, 0.4) is 0 Å². The van der Waals surface area contributed by atoms with Gasteiger partial charge in [-0.05, 0) is 46.5 Å². The van der Waals surface area contributed by atoms with Gasteiger partial charge in [0.15, 0.2) is 0 Å². The summed E-state index contributed by atoms with van der Waals surface area (Å²) >= 11 is 0. The molecule has 0 spiro atoms. The summed E-state index contributed by atoms with van der Waals surface area (Å²) in [5, 5.41) is 8.68. The van der Waals surface area contributed by atoms with Crippen LogP contribution in [0.25, 0.3) is 0 Å². The van der Waals surface area contributed by atoms with E-state index in [1.807, 2.05) is 20.8 Å². The third kappa shape index (κ3) is 6.78. The lowest BCUT2D eigenvalue weighted by Gasteiger charge is -2.33. The van der Waals surface area contributed by atoms with Crippen LogP contribution in [0.5, 0.6) is 0 Å². The second-order valence-corrected chi connectivity index (χ2v) is 5.97. The molecule has 1 saturated heterocycles. The number of carbonyl (C=O) groups is 1. The molecule has 0 atom stereocenters. The molecule has 0 aromatic heterocycles. The van der Waals surface area contributed by atoms with E-state index in [0.717, 1.165) is 25.7 Å². The maximum absolute atomic E-state index is 11.9. The lowest BCUT2D eigenvalue weighted by Crippen LogP contribution is -2.43. The first-order chi connectivity index (χ1) is 8.92. The number of nitrogens with zero attached hydrogens (tertiary/aromatic N) is 1. The molecule has 0 bridgehead atoms. The highest BCUT2D eigenvalue weighted by Gasteiger charge is 2.26. The molecule has 1 aliphatic rings. The van der Waals surface area contributed by atoms with E-state index >= 15 is 0 Å². The molecule has 5 heteroatoms. The Morgan fingerprint density at radius 1 is 1.26 bits per heavy atom. The monoisotopic (exact) mass is 273 g/mol. The predicted octanol–water partition coefficient (Wildman–Crippen LogP) is 2.17. The number of unbranched alkanes of at least 4 members (excludes halogenated alkanes) is 1. The molecule has 0 saturated carbocycles. The molecular weight excluding hydrogens is 246 g/mol. The maximum Gasteiger partial charge on any atom is 0.410 e. The van der Waals surface area contributed by atoms with Crippen molar-refractivity contribution in [2.45, 2.75) is 58.2 Å². The van der Waals surface area contributed by atoms with Crippen LogP contribution < -0.4 is 0 Å². The van der Waals surface area contributed by atoms with Crippen molar-refractivity contribution >= 4 is 6.09 Å². The van der Waals surface area contributed by atoms with E-state index in [1.54, 1.807) is 4.90 Å². The zero-order chi connectivity index (χ0) is 14.3. The first kappa shape index (κ1) is 16.2. The van der Waals surface area contributed by atoms with Crippen molar-refractivity contribution in [2.75, 3.05) is 26.3 Å². The van der Waals surface area contributed by atoms with Crippen LogP contribution in [0.15, 0.2) is 0 Å². The van der Waals surface area contributed by atoms with E-state index in [-0.39, 0.29) is 18.8 Å². The Labute approximate surface area is 115 Å². The SMILES string of the molecule is CC(C)(C)OC(=O)N1CCC(OCCCCO)CC1. The van der Waals surface area contributed by atoms with Gasteiger partial charge in [-0.3, -0.25) is 0 Å². The molecule has 0 aliphatic carbocycles. The Morgan fingerprint density at radius 3 is 2.42 bits per heavy atom. The number of ether oxygens (including phenoxy) is 2. The quantitative estimate of drug-likeness (QED) is 0.780. The molecule has 112 valence electrons. The number of aliphatic hydroxyl groups is 1. The van der Waals surface area contributed by atoms with Crippen LogP contribution in [-0.2, 0) is 9.47 Å². The van der Waals surface area contributed by atoms with Gasteiger partial charge in [-0.1, -0.05) is 0 Å². The molecule has 1 amide bonds. The zero-order valence-electron chi connectivity index (χ0n) is 12.4. The predicted molar refractivity (Wildman–Crippen MR) is 73.1 cm³/mol. The highest BCUT2D eigenvalue weighted by molar-refractivity contribution is 5.68. The van der Waals surface area contributed by atoms with Crippen LogP contribution in [-0.4, -0.2) is 54.1 Å². The Bertz CT molecular complexity index is 267. The lowest BCUT2D eigenvalue weighted by molar-refractivity contribution is -0.0126. The lowest BCUT2D eigenvalue weighted by atomic mass is 10.1. The maximum atomic E-state index is 11.9. The molecule has 0 unspecified atom stereocenters. The largest absolute Gasteiger partial charge is 0.444 e. The van der Waals surface area contributed by atoms with Gasteiger partial charge in [0.2, 0.25) is 0 Å². The number of amides is 1. The first-order valence-electron chi connectivity index (χ1n) is 7.13. The molecular formula is C14H27NO4. The minimum Gasteiger partial charge on any atom is -0.444 e. The van der Waals surface area contributed by atoms with Gasteiger partial charge in [0.05, 0.1) is 6.10 Å². The smallest absolute Gasteiger partial charge is 0.410 e. The molecule has 0 radical (unpaired) electrons. The second kappa shape index (κ2) is 7.70. The summed E-state index contributed by atoms with van der Waals surface area (Å²) < 4.78 is 11.1. The number of likely N-dealkylation sites (tertiary alicyclic amines) is 1. The van der Waals surface area contributed by atoms with Crippen molar-refractivity contribution in [3.63, 3.8) is 0 Å². The Morgan fingerprint density at radius 2 is 1.89 bits per heavy atom. The summed E-state index contributed by atoms with van der Waals surface area (Å²) in [5.74, 6) is 0. The van der Waals surface area contributed by atoms with Crippen LogP contribution >= 0.6 is 0 Å². The van der Waals surface area contributed by atoms with Crippen molar-refractivity contribution < 1.29 is 19.4 Å². The van der Waals surface area contributed by atoms with E-state index in [9.17, 15) is 4.79 Å². The normalized spacial score (nSPS) is 17.6. The summed E-state index contributed by atoms with van der Waals surface area (Å²) in [4.78, 5) is 13.6. The average molecular weight is 273 g/mol. The van der Waals surface area contributed by atoms with E-state index in [2.05, 4.69) is 0 Å². The number of piperidine rings is 1. The number of aliphatic hydroxyl groups excluding tert-OH is 1. The van der Waals surface area contributed by atoms with E-state index < -0.39 is 5.60 Å². The van der Waals surface area contributed by atoms with Crippen LogP contribution in [0.1, 0.15) is 46.5 Å². The third-order valence-electron chi connectivity index (χ3n) is 3.00. The summed E-state index contributed by atoms with van der Waals surface area (Å²) in [6.07, 6.45) is 3.40. The van der Waals surface area contributed by atoms with Crippen molar-refractivity contribution in [1.29, 1.82) is 0 Å². The van der Waals surface area contributed by atoms with Gasteiger partial charge in [-0.25, -0.2) is 4.79 Å². The molecule has 1 rings (SSSR count). The molecule has 1 fully saturated rings. The highest BCUT2D eigenvalue weighted by atomic mass is 16.6. The minimum atomic E-state index is -0.436. The van der Waals surface area contributed by atoms with Gasteiger partial charge < -0.3 is 19.5 Å². The molecule has 1 N–H and O–H groups in total. The van der Waals surface area contributed by atoms with E-state index in [1.165, 1.54) is 0 Å². The number of hydrogen-bond donors (Lipinski definition) is 1. The fourth-order valence-electron chi connectivity index (χ4n) is 2.00. The van der Waals surface area contributed by atoms with Gasteiger partial charge in [0, 0.05) is 26.3 Å². The molecule has 5 nitrogen and oxygen atoms in total. The van der Waals surface area contributed by atoms with Gasteiger partial charge >= 0.3 is 6.09 Å².